The van der Waals surface area contributed by atoms with Crippen molar-refractivity contribution in [3.8, 4) is 0 Å². The van der Waals surface area contributed by atoms with Crippen molar-refractivity contribution >= 4 is 11.6 Å². The minimum Gasteiger partial charge on any atom is -0.299 e. The normalized spacial score (nSPS) is 14.8. The second-order valence-corrected chi connectivity index (χ2v) is 7.24. The molecule has 0 heterocycles. The fraction of sp³-hybridized carbons (Fsp3) is 0.579. The molecule has 21 heavy (non-hydrogen) atoms. The van der Waals surface area contributed by atoms with Crippen LogP contribution in [0.1, 0.15) is 59.4 Å². The van der Waals surface area contributed by atoms with Gasteiger partial charge in [0.05, 0.1) is 0 Å². The number of Topliss-reactive ketones (excluding diaryl/α,β-unsaturated/α-hetero) is 2. The second kappa shape index (κ2) is 7.02. The van der Waals surface area contributed by atoms with Gasteiger partial charge < -0.3 is 0 Å². The van der Waals surface area contributed by atoms with Gasteiger partial charge in [-0.15, -0.1) is 0 Å². The summed E-state index contributed by atoms with van der Waals surface area (Å²) in [6.07, 6.45) is 0.424. The zero-order chi connectivity index (χ0) is 16.2. The zero-order valence-corrected chi connectivity index (χ0v) is 14.1. The Balaban J connectivity index is 3.07. The van der Waals surface area contributed by atoms with E-state index in [1.54, 1.807) is 0 Å². The first-order valence-electron chi connectivity index (χ1n) is 7.76. The molecule has 0 bridgehead atoms. The Morgan fingerprint density at radius 2 is 1.52 bits per heavy atom. The largest absolute Gasteiger partial charge is 0.299 e. The summed E-state index contributed by atoms with van der Waals surface area (Å²) in [7, 11) is 0. The van der Waals surface area contributed by atoms with Gasteiger partial charge in [0.15, 0.2) is 0 Å². The molecule has 1 rings (SSSR count). The second-order valence-electron chi connectivity index (χ2n) is 7.24. The number of carbonyl (C=O) groups excluding carboxylic acids is 2. The average molecular weight is 288 g/mol. The third kappa shape index (κ3) is 4.80. The van der Waals surface area contributed by atoms with Crippen LogP contribution in [-0.4, -0.2) is 11.6 Å². The Hall–Kier alpha value is -1.44. The maximum atomic E-state index is 12.4. The van der Waals surface area contributed by atoms with Gasteiger partial charge in [-0.2, -0.15) is 0 Å². The molecule has 0 aliphatic carbocycles. The predicted molar refractivity (Wildman–Crippen MR) is 87.3 cm³/mol. The first-order valence-corrected chi connectivity index (χ1v) is 7.76. The maximum absolute atomic E-state index is 12.4. The fourth-order valence-corrected chi connectivity index (χ4v) is 2.51. The third-order valence-corrected chi connectivity index (χ3v) is 4.09. The van der Waals surface area contributed by atoms with Crippen LogP contribution in [0.2, 0.25) is 0 Å². The van der Waals surface area contributed by atoms with Crippen LogP contribution >= 0.6 is 0 Å². The minimum absolute atomic E-state index is 0.00375. The van der Waals surface area contributed by atoms with Gasteiger partial charge in [-0.3, -0.25) is 9.59 Å². The van der Waals surface area contributed by atoms with Gasteiger partial charge in [0.2, 0.25) is 0 Å². The predicted octanol–water partition coefficient (Wildman–Crippen LogP) is 4.64. The van der Waals surface area contributed by atoms with Crippen molar-refractivity contribution < 1.29 is 9.59 Å². The van der Waals surface area contributed by atoms with E-state index in [0.717, 1.165) is 5.56 Å². The monoisotopic (exact) mass is 288 g/mol. The number of ketones is 2. The lowest BCUT2D eigenvalue weighted by Crippen LogP contribution is -2.29. The van der Waals surface area contributed by atoms with Gasteiger partial charge >= 0.3 is 0 Å². The number of rotatable bonds is 6. The van der Waals surface area contributed by atoms with Gasteiger partial charge in [-0.05, 0) is 5.56 Å². The zero-order valence-electron chi connectivity index (χ0n) is 14.1. The van der Waals surface area contributed by atoms with Gasteiger partial charge in [0, 0.05) is 29.6 Å². The van der Waals surface area contributed by atoms with Crippen LogP contribution in [0.25, 0.3) is 0 Å². The summed E-state index contributed by atoms with van der Waals surface area (Å²) >= 11 is 0. The van der Waals surface area contributed by atoms with Crippen LogP contribution in [0.3, 0.4) is 0 Å². The molecular formula is C19H28O2. The van der Waals surface area contributed by atoms with E-state index in [4.69, 9.17) is 0 Å². The van der Waals surface area contributed by atoms with Crippen LogP contribution in [-0.2, 0) is 9.59 Å². The first kappa shape index (κ1) is 17.6. The van der Waals surface area contributed by atoms with Crippen molar-refractivity contribution in [2.24, 2.45) is 17.3 Å². The number of benzene rings is 1. The number of hydrogen-bond acceptors (Lipinski definition) is 2. The molecule has 0 saturated carbocycles. The van der Waals surface area contributed by atoms with Crippen molar-refractivity contribution in [3.63, 3.8) is 0 Å². The van der Waals surface area contributed by atoms with Crippen molar-refractivity contribution in [1.29, 1.82) is 0 Å². The van der Waals surface area contributed by atoms with Crippen LogP contribution < -0.4 is 0 Å². The lowest BCUT2D eigenvalue weighted by molar-refractivity contribution is -0.129. The molecule has 0 aromatic heterocycles. The number of hydrogen-bond donors (Lipinski definition) is 0. The van der Waals surface area contributed by atoms with Crippen LogP contribution in [0.4, 0.5) is 0 Å². The molecule has 116 valence electrons. The first-order chi connectivity index (χ1) is 9.64. The number of carbonyl (C=O) groups is 2. The standard InChI is InChI=1S/C19H28O2/c1-13(2)18(21)14(3)16(12-17(20)19(4,5)6)15-10-8-7-9-11-15/h7-11,13-14,16H,12H2,1-6H3/t14-,16+/m1/s1. The summed E-state index contributed by atoms with van der Waals surface area (Å²) in [5.41, 5.74) is 0.713. The molecular weight excluding hydrogens is 260 g/mol. The molecule has 0 spiro atoms. The molecule has 2 heteroatoms. The van der Waals surface area contributed by atoms with Gasteiger partial charge in [-0.25, -0.2) is 0 Å². The fourth-order valence-electron chi connectivity index (χ4n) is 2.51. The van der Waals surface area contributed by atoms with Crippen LogP contribution in [0.15, 0.2) is 30.3 Å². The summed E-state index contributed by atoms with van der Waals surface area (Å²) in [6, 6.07) is 9.93. The van der Waals surface area contributed by atoms with E-state index in [9.17, 15) is 9.59 Å². The molecule has 2 atom stereocenters. The van der Waals surface area contributed by atoms with E-state index in [2.05, 4.69) is 0 Å². The molecule has 0 amide bonds. The molecule has 0 aliphatic rings. The molecule has 2 nitrogen and oxygen atoms in total. The molecule has 1 aromatic carbocycles. The lowest BCUT2D eigenvalue weighted by Gasteiger charge is -2.27. The van der Waals surface area contributed by atoms with Crippen molar-refractivity contribution in [2.75, 3.05) is 0 Å². The summed E-state index contributed by atoms with van der Waals surface area (Å²) in [6.45, 7) is 11.6. The van der Waals surface area contributed by atoms with E-state index in [0.29, 0.717) is 6.42 Å². The lowest BCUT2D eigenvalue weighted by atomic mass is 9.75. The Morgan fingerprint density at radius 1 is 1.00 bits per heavy atom. The van der Waals surface area contributed by atoms with E-state index < -0.39 is 0 Å². The highest BCUT2D eigenvalue weighted by molar-refractivity contribution is 5.87. The van der Waals surface area contributed by atoms with Crippen LogP contribution in [0, 0.1) is 17.3 Å². The van der Waals surface area contributed by atoms with Crippen molar-refractivity contribution in [3.05, 3.63) is 35.9 Å². The summed E-state index contributed by atoms with van der Waals surface area (Å²) in [5, 5.41) is 0. The van der Waals surface area contributed by atoms with E-state index in [-0.39, 0.29) is 34.7 Å². The van der Waals surface area contributed by atoms with Gasteiger partial charge in [0.25, 0.3) is 0 Å². The highest BCUT2D eigenvalue weighted by Gasteiger charge is 2.32. The average Bonchev–Trinajstić information content (AvgIpc) is 2.42. The summed E-state index contributed by atoms with van der Waals surface area (Å²) in [5.74, 6) is 0.257. The maximum Gasteiger partial charge on any atom is 0.138 e. The molecule has 0 radical (unpaired) electrons. The smallest absolute Gasteiger partial charge is 0.138 e. The molecule has 0 fully saturated rings. The molecule has 0 saturated heterocycles. The Labute approximate surface area is 128 Å². The molecule has 0 N–H and O–H groups in total. The Kier molecular flexibility index (Phi) is 5.88. The molecule has 0 aliphatic heterocycles. The topological polar surface area (TPSA) is 34.1 Å². The van der Waals surface area contributed by atoms with Crippen molar-refractivity contribution in [1.82, 2.24) is 0 Å². The summed E-state index contributed by atoms with van der Waals surface area (Å²) in [4.78, 5) is 24.8. The highest BCUT2D eigenvalue weighted by Crippen LogP contribution is 2.33. The molecule has 0 unspecified atom stereocenters. The van der Waals surface area contributed by atoms with Crippen LogP contribution in [0.5, 0.6) is 0 Å². The highest BCUT2D eigenvalue weighted by atomic mass is 16.1. The van der Waals surface area contributed by atoms with Gasteiger partial charge in [0.1, 0.15) is 11.6 Å². The molecule has 1 aromatic rings. The Bertz CT molecular complexity index is 480. The van der Waals surface area contributed by atoms with Crippen molar-refractivity contribution in [2.45, 2.75) is 53.9 Å². The summed E-state index contributed by atoms with van der Waals surface area (Å²) < 4.78 is 0. The minimum atomic E-state index is -0.367. The SMILES string of the molecule is CC(C)C(=O)[C@H](C)[C@H](CC(=O)C(C)(C)C)c1ccccc1. The van der Waals surface area contributed by atoms with E-state index >= 15 is 0 Å². The Morgan fingerprint density at radius 3 is 1.95 bits per heavy atom. The van der Waals surface area contributed by atoms with Gasteiger partial charge in [-0.1, -0.05) is 71.9 Å². The van der Waals surface area contributed by atoms with E-state index in [1.807, 2.05) is 71.9 Å². The van der Waals surface area contributed by atoms with E-state index in [1.165, 1.54) is 0 Å². The third-order valence-electron chi connectivity index (χ3n) is 4.09. The quantitative estimate of drug-likeness (QED) is 0.764.